The summed E-state index contributed by atoms with van der Waals surface area (Å²) in [4.78, 5) is 12.1. The van der Waals surface area contributed by atoms with Crippen LogP contribution >= 0.6 is 10.9 Å². The van der Waals surface area contributed by atoms with E-state index in [9.17, 15) is 35.4 Å². The predicted molar refractivity (Wildman–Crippen MR) is 146 cm³/mol. The maximum absolute atomic E-state index is 12.1. The van der Waals surface area contributed by atoms with Crippen molar-refractivity contribution in [3.05, 3.63) is 70.3 Å². The summed E-state index contributed by atoms with van der Waals surface area (Å²) in [6.07, 6.45) is 1.29. The van der Waals surface area contributed by atoms with Gasteiger partial charge < -0.3 is 36.0 Å². The smallest absolute Gasteiger partial charge is 0.220 e. The maximum Gasteiger partial charge on any atom is 0.220 e. The summed E-state index contributed by atoms with van der Waals surface area (Å²) in [6, 6.07) is 14.4. The molecule has 0 radical (unpaired) electrons. The van der Waals surface area contributed by atoms with E-state index in [1.807, 2.05) is 18.2 Å². The number of aryl methyl sites for hydroxylation is 2. The van der Waals surface area contributed by atoms with Crippen molar-refractivity contribution in [1.29, 1.82) is 0 Å². The molecule has 7 N–H and O–H groups in total. The average Bonchev–Trinajstić information content (AvgIpc) is 2.89. The minimum absolute atomic E-state index is 0.176. The molecular formula is C28H41NO7S. The Kier molecular flexibility index (Phi) is 10.5. The zero-order chi connectivity index (χ0) is 27.2. The van der Waals surface area contributed by atoms with Gasteiger partial charge in [-0.15, -0.1) is 0 Å². The first-order valence-electron chi connectivity index (χ1n) is 12.7. The van der Waals surface area contributed by atoms with Gasteiger partial charge in [0.1, 0.15) is 11.6 Å². The van der Waals surface area contributed by atoms with Crippen molar-refractivity contribution in [2.45, 2.75) is 61.7 Å². The van der Waals surface area contributed by atoms with Gasteiger partial charge in [0, 0.05) is 17.4 Å². The lowest BCUT2D eigenvalue weighted by atomic mass is 9.93. The molecule has 9 heteroatoms. The molecule has 1 unspecified atom stereocenters. The van der Waals surface area contributed by atoms with E-state index in [1.54, 1.807) is 0 Å². The molecule has 37 heavy (non-hydrogen) atoms. The summed E-state index contributed by atoms with van der Waals surface area (Å²) in [6.45, 7) is 0.438. The SMILES string of the molecule is Cc1ccc([C@H]2[C@H](O)[C@H](O)[C@H](O)C[SH]2C)cc1Cc1ccc(CCCC(=O)NC(CO)(CO)CO)cc1. The van der Waals surface area contributed by atoms with E-state index in [1.165, 1.54) is 0 Å². The van der Waals surface area contributed by atoms with Crippen LogP contribution in [0.15, 0.2) is 42.5 Å². The molecule has 0 saturated carbocycles. The lowest BCUT2D eigenvalue weighted by Gasteiger charge is -2.42. The van der Waals surface area contributed by atoms with E-state index >= 15 is 0 Å². The fourth-order valence-electron chi connectivity index (χ4n) is 4.83. The summed E-state index contributed by atoms with van der Waals surface area (Å²) in [5.74, 6) is 0.181. The zero-order valence-corrected chi connectivity index (χ0v) is 22.4. The molecule has 0 aliphatic carbocycles. The van der Waals surface area contributed by atoms with Gasteiger partial charge in [-0.25, -0.2) is 10.9 Å². The minimum Gasteiger partial charge on any atom is -0.394 e. The number of aliphatic hydroxyl groups excluding tert-OH is 6. The molecule has 1 aliphatic heterocycles. The highest BCUT2D eigenvalue weighted by molar-refractivity contribution is 8.16. The number of amides is 1. The summed E-state index contributed by atoms with van der Waals surface area (Å²) in [7, 11) is -0.670. The Bertz CT molecular complexity index is 1020. The molecule has 2 aromatic carbocycles. The first-order valence-corrected chi connectivity index (χ1v) is 14.7. The first kappa shape index (κ1) is 29.6. The second-order valence-corrected chi connectivity index (χ2v) is 12.7. The van der Waals surface area contributed by atoms with Gasteiger partial charge in [-0.1, -0.05) is 42.5 Å². The molecule has 1 saturated heterocycles. The summed E-state index contributed by atoms with van der Waals surface area (Å²) in [5, 5.41) is 61.2. The summed E-state index contributed by atoms with van der Waals surface area (Å²) < 4.78 is 0. The van der Waals surface area contributed by atoms with Crippen LogP contribution in [0.25, 0.3) is 0 Å². The Morgan fingerprint density at radius 3 is 2.22 bits per heavy atom. The maximum atomic E-state index is 12.1. The Hall–Kier alpha value is -1.98. The lowest BCUT2D eigenvalue weighted by Crippen LogP contribution is -2.57. The number of aliphatic hydroxyl groups is 6. The molecule has 5 atom stereocenters. The van der Waals surface area contributed by atoms with Gasteiger partial charge in [0.15, 0.2) is 0 Å². The number of hydrogen-bond donors (Lipinski definition) is 8. The van der Waals surface area contributed by atoms with Gasteiger partial charge in [-0.3, -0.25) is 4.79 Å². The van der Waals surface area contributed by atoms with Gasteiger partial charge >= 0.3 is 0 Å². The van der Waals surface area contributed by atoms with Crippen LogP contribution in [0.4, 0.5) is 0 Å². The van der Waals surface area contributed by atoms with Crippen LogP contribution in [0.1, 0.15) is 45.9 Å². The van der Waals surface area contributed by atoms with Crippen molar-refractivity contribution in [2.75, 3.05) is 31.8 Å². The van der Waals surface area contributed by atoms with Gasteiger partial charge in [-0.05, 0) is 60.3 Å². The molecule has 1 fully saturated rings. The number of thiol groups is 1. The number of rotatable bonds is 11. The quantitative estimate of drug-likeness (QED) is 0.195. The molecule has 1 heterocycles. The van der Waals surface area contributed by atoms with Crippen LogP contribution in [-0.2, 0) is 17.6 Å². The Morgan fingerprint density at radius 2 is 1.59 bits per heavy atom. The summed E-state index contributed by atoms with van der Waals surface area (Å²) >= 11 is 0. The molecule has 0 bridgehead atoms. The molecule has 206 valence electrons. The van der Waals surface area contributed by atoms with Crippen LogP contribution < -0.4 is 5.32 Å². The van der Waals surface area contributed by atoms with Crippen molar-refractivity contribution in [3.63, 3.8) is 0 Å². The Balaban J connectivity index is 1.59. The molecule has 0 aromatic heterocycles. The molecule has 2 aromatic rings. The van der Waals surface area contributed by atoms with Crippen LogP contribution in [-0.4, -0.2) is 92.2 Å². The number of carbonyl (C=O) groups excluding carboxylic acids is 1. The monoisotopic (exact) mass is 535 g/mol. The van der Waals surface area contributed by atoms with E-state index < -0.39 is 54.6 Å². The van der Waals surface area contributed by atoms with Gasteiger partial charge in [0.05, 0.1) is 32.0 Å². The third kappa shape index (κ3) is 7.32. The fraction of sp³-hybridized carbons (Fsp3) is 0.536. The van der Waals surface area contributed by atoms with Gasteiger partial charge in [0.2, 0.25) is 5.91 Å². The highest BCUT2D eigenvalue weighted by Crippen LogP contribution is 2.48. The van der Waals surface area contributed by atoms with Gasteiger partial charge in [0.25, 0.3) is 0 Å². The van der Waals surface area contributed by atoms with Gasteiger partial charge in [-0.2, -0.15) is 0 Å². The Labute approximate surface area is 221 Å². The van der Waals surface area contributed by atoms with Crippen molar-refractivity contribution in [3.8, 4) is 0 Å². The standard InChI is InChI=1S/C28H41NO7S/c1-18-6-11-21(27-26(36)25(35)23(33)14-37(27)2)13-22(18)12-20-9-7-19(8-10-20)4-3-5-24(34)29-28(15-30,16-31)17-32/h6-11,13,23,25-27,30-33,35-37H,3-5,12,14-17H2,1-2H3,(H,29,34)/t23-,25-,26-,27+/m1/s1. The number of benzene rings is 2. The van der Waals surface area contributed by atoms with Crippen molar-refractivity contribution < 1.29 is 35.4 Å². The highest BCUT2D eigenvalue weighted by Gasteiger charge is 2.40. The normalized spacial score (nSPS) is 25.1. The third-order valence-electron chi connectivity index (χ3n) is 7.33. The second kappa shape index (κ2) is 13.2. The molecule has 3 rings (SSSR count). The van der Waals surface area contributed by atoms with E-state index in [2.05, 4.69) is 42.8 Å². The zero-order valence-electron chi connectivity index (χ0n) is 21.5. The van der Waals surface area contributed by atoms with E-state index in [4.69, 9.17) is 0 Å². The average molecular weight is 536 g/mol. The first-order chi connectivity index (χ1) is 17.6. The van der Waals surface area contributed by atoms with Crippen molar-refractivity contribution >= 4 is 16.8 Å². The minimum atomic E-state index is -1.40. The molecule has 1 amide bonds. The van der Waals surface area contributed by atoms with Crippen LogP contribution in [0.2, 0.25) is 0 Å². The predicted octanol–water partition coefficient (Wildman–Crippen LogP) is 0.509. The number of hydrogen-bond acceptors (Lipinski definition) is 7. The van der Waals surface area contributed by atoms with E-state index in [0.717, 1.165) is 34.2 Å². The second-order valence-electron chi connectivity index (χ2n) is 10.3. The molecular weight excluding hydrogens is 494 g/mol. The van der Waals surface area contributed by atoms with Crippen molar-refractivity contribution in [2.24, 2.45) is 0 Å². The molecule has 0 spiro atoms. The largest absolute Gasteiger partial charge is 0.394 e. The lowest BCUT2D eigenvalue weighted by molar-refractivity contribution is -0.125. The number of nitrogens with one attached hydrogen (secondary N) is 1. The number of carbonyl (C=O) groups is 1. The molecule has 1 aliphatic rings. The molecule has 8 nitrogen and oxygen atoms in total. The fourth-order valence-corrected chi connectivity index (χ4v) is 7.23. The highest BCUT2D eigenvalue weighted by atomic mass is 32.2. The topological polar surface area (TPSA) is 150 Å². The van der Waals surface area contributed by atoms with E-state index in [0.29, 0.717) is 18.6 Å². The summed E-state index contributed by atoms with van der Waals surface area (Å²) in [5.41, 5.74) is 4.12. The van der Waals surface area contributed by atoms with Crippen molar-refractivity contribution in [1.82, 2.24) is 5.32 Å². The van der Waals surface area contributed by atoms with Crippen LogP contribution in [0, 0.1) is 6.92 Å². The van der Waals surface area contributed by atoms with Crippen LogP contribution in [0.3, 0.4) is 0 Å². The van der Waals surface area contributed by atoms with Crippen LogP contribution in [0.5, 0.6) is 0 Å². The Morgan fingerprint density at radius 1 is 0.973 bits per heavy atom. The third-order valence-corrected chi connectivity index (χ3v) is 9.84. The van der Waals surface area contributed by atoms with E-state index in [-0.39, 0.29) is 17.6 Å².